The van der Waals surface area contributed by atoms with E-state index >= 15 is 0 Å². The Hall–Kier alpha value is -1.38. The van der Waals surface area contributed by atoms with Gasteiger partial charge in [-0.05, 0) is 23.3 Å². The quantitative estimate of drug-likeness (QED) is 0.729. The van der Waals surface area contributed by atoms with Gasteiger partial charge in [-0.1, -0.05) is 70.5 Å². The fourth-order valence-electron chi connectivity index (χ4n) is 1.62. The summed E-state index contributed by atoms with van der Waals surface area (Å²) in [5.41, 5.74) is 2.38. The van der Waals surface area contributed by atoms with Gasteiger partial charge in [-0.3, -0.25) is 0 Å². The van der Waals surface area contributed by atoms with E-state index in [4.69, 9.17) is 4.74 Å². The van der Waals surface area contributed by atoms with Crippen LogP contribution < -0.4 is 0 Å². The highest BCUT2D eigenvalue weighted by molar-refractivity contribution is 9.10. The molecule has 0 aliphatic heterocycles. The standard InChI is InChI=1S/C16H15BrO/c17-16-10-4-8-15(12-16)13-18-11-5-9-14-6-2-1-3-7-14/h1-10,12H,11,13H2. The van der Waals surface area contributed by atoms with Crippen molar-refractivity contribution in [2.24, 2.45) is 0 Å². The molecule has 2 heteroatoms. The second-order valence-corrected chi connectivity index (χ2v) is 4.87. The van der Waals surface area contributed by atoms with Gasteiger partial charge in [-0.15, -0.1) is 0 Å². The minimum absolute atomic E-state index is 0.626. The summed E-state index contributed by atoms with van der Waals surface area (Å²) in [6, 6.07) is 18.4. The number of hydrogen-bond donors (Lipinski definition) is 0. The maximum absolute atomic E-state index is 5.59. The second kappa shape index (κ2) is 7.14. The normalized spacial score (nSPS) is 10.9. The lowest BCUT2D eigenvalue weighted by molar-refractivity contribution is 0.149. The van der Waals surface area contributed by atoms with E-state index in [2.05, 4.69) is 46.3 Å². The van der Waals surface area contributed by atoms with Gasteiger partial charge in [-0.25, -0.2) is 0 Å². The fraction of sp³-hybridized carbons (Fsp3) is 0.125. The lowest BCUT2D eigenvalue weighted by atomic mass is 10.2. The lowest BCUT2D eigenvalue weighted by Crippen LogP contribution is -1.92. The van der Waals surface area contributed by atoms with Crippen molar-refractivity contribution in [3.05, 3.63) is 76.3 Å². The number of hydrogen-bond acceptors (Lipinski definition) is 1. The first-order valence-electron chi connectivity index (χ1n) is 5.88. The van der Waals surface area contributed by atoms with Crippen LogP contribution in [0.1, 0.15) is 11.1 Å². The molecule has 2 aromatic rings. The first-order valence-corrected chi connectivity index (χ1v) is 6.68. The van der Waals surface area contributed by atoms with E-state index in [9.17, 15) is 0 Å². The van der Waals surface area contributed by atoms with E-state index in [1.807, 2.05) is 36.4 Å². The third kappa shape index (κ3) is 4.47. The van der Waals surface area contributed by atoms with Crippen molar-refractivity contribution in [3.63, 3.8) is 0 Å². The van der Waals surface area contributed by atoms with Gasteiger partial charge in [0.15, 0.2) is 0 Å². The summed E-state index contributed by atoms with van der Waals surface area (Å²) < 4.78 is 6.68. The average molecular weight is 303 g/mol. The van der Waals surface area contributed by atoms with Gasteiger partial charge in [0.2, 0.25) is 0 Å². The second-order valence-electron chi connectivity index (χ2n) is 3.96. The highest BCUT2D eigenvalue weighted by Gasteiger charge is 1.93. The maximum Gasteiger partial charge on any atom is 0.0721 e. The van der Waals surface area contributed by atoms with Crippen LogP contribution in [0, 0.1) is 0 Å². The first kappa shape index (κ1) is 13.1. The van der Waals surface area contributed by atoms with Gasteiger partial charge >= 0.3 is 0 Å². The van der Waals surface area contributed by atoms with Crippen molar-refractivity contribution in [3.8, 4) is 0 Å². The molecule has 0 aliphatic rings. The number of halogens is 1. The molecular formula is C16H15BrO. The van der Waals surface area contributed by atoms with Crippen LogP contribution >= 0.6 is 15.9 Å². The summed E-state index contributed by atoms with van der Waals surface area (Å²) in [6.07, 6.45) is 4.11. The summed E-state index contributed by atoms with van der Waals surface area (Å²) >= 11 is 3.45. The monoisotopic (exact) mass is 302 g/mol. The molecule has 0 saturated carbocycles. The van der Waals surface area contributed by atoms with E-state index in [-0.39, 0.29) is 0 Å². The molecule has 0 amide bonds. The van der Waals surface area contributed by atoms with Gasteiger partial charge in [0.25, 0.3) is 0 Å². The number of rotatable bonds is 5. The van der Waals surface area contributed by atoms with Crippen molar-refractivity contribution < 1.29 is 4.74 Å². The molecule has 0 bridgehead atoms. The molecule has 92 valence electrons. The van der Waals surface area contributed by atoms with E-state index in [0.29, 0.717) is 13.2 Å². The van der Waals surface area contributed by atoms with Crippen LogP contribution in [0.4, 0.5) is 0 Å². The highest BCUT2D eigenvalue weighted by Crippen LogP contribution is 2.12. The molecule has 0 aromatic heterocycles. The molecule has 0 fully saturated rings. The molecular weight excluding hydrogens is 288 g/mol. The fourth-order valence-corrected chi connectivity index (χ4v) is 2.07. The van der Waals surface area contributed by atoms with Crippen LogP contribution in [-0.2, 0) is 11.3 Å². The third-order valence-electron chi connectivity index (χ3n) is 2.48. The van der Waals surface area contributed by atoms with Crippen LogP contribution in [0.5, 0.6) is 0 Å². The largest absolute Gasteiger partial charge is 0.373 e. The first-order chi connectivity index (χ1) is 8.84. The van der Waals surface area contributed by atoms with Crippen LogP contribution in [0.25, 0.3) is 6.08 Å². The lowest BCUT2D eigenvalue weighted by Gasteiger charge is -2.02. The third-order valence-corrected chi connectivity index (χ3v) is 2.97. The van der Waals surface area contributed by atoms with E-state index < -0.39 is 0 Å². The SMILES string of the molecule is Brc1cccc(COCC=Cc2ccccc2)c1. The Kier molecular flexibility index (Phi) is 5.18. The van der Waals surface area contributed by atoms with Gasteiger partial charge in [0.05, 0.1) is 13.2 Å². The van der Waals surface area contributed by atoms with Gasteiger partial charge in [-0.2, -0.15) is 0 Å². The van der Waals surface area contributed by atoms with Gasteiger partial charge in [0, 0.05) is 4.47 Å². The van der Waals surface area contributed by atoms with E-state index in [1.165, 1.54) is 11.1 Å². The molecule has 0 atom stereocenters. The average Bonchev–Trinajstić information content (AvgIpc) is 2.40. The van der Waals surface area contributed by atoms with Crippen LogP contribution in [0.2, 0.25) is 0 Å². The van der Waals surface area contributed by atoms with E-state index in [0.717, 1.165) is 4.47 Å². The van der Waals surface area contributed by atoms with Gasteiger partial charge in [0.1, 0.15) is 0 Å². The Balaban J connectivity index is 1.75. The predicted octanol–water partition coefficient (Wildman–Crippen LogP) is 4.68. The zero-order chi connectivity index (χ0) is 12.6. The molecule has 0 radical (unpaired) electrons. The topological polar surface area (TPSA) is 9.23 Å². The summed E-state index contributed by atoms with van der Waals surface area (Å²) in [7, 11) is 0. The molecule has 0 spiro atoms. The predicted molar refractivity (Wildman–Crippen MR) is 79.3 cm³/mol. The zero-order valence-corrected chi connectivity index (χ0v) is 11.6. The highest BCUT2D eigenvalue weighted by atomic mass is 79.9. The Morgan fingerprint density at radius 2 is 1.83 bits per heavy atom. The van der Waals surface area contributed by atoms with E-state index in [1.54, 1.807) is 0 Å². The summed E-state index contributed by atoms with van der Waals surface area (Å²) in [5, 5.41) is 0. The minimum atomic E-state index is 0.626. The smallest absolute Gasteiger partial charge is 0.0721 e. The van der Waals surface area contributed by atoms with Crippen molar-refractivity contribution >= 4 is 22.0 Å². The minimum Gasteiger partial charge on any atom is -0.373 e. The maximum atomic E-state index is 5.59. The summed E-state index contributed by atoms with van der Waals surface area (Å²) in [5.74, 6) is 0. The molecule has 18 heavy (non-hydrogen) atoms. The molecule has 0 aliphatic carbocycles. The molecule has 0 heterocycles. The molecule has 0 saturated heterocycles. The zero-order valence-electron chi connectivity index (χ0n) is 10.1. The van der Waals surface area contributed by atoms with Crippen molar-refractivity contribution in [1.29, 1.82) is 0 Å². The Bertz CT molecular complexity index is 506. The number of benzene rings is 2. The Morgan fingerprint density at radius 1 is 1.00 bits per heavy atom. The molecule has 2 rings (SSSR count). The van der Waals surface area contributed by atoms with Gasteiger partial charge < -0.3 is 4.74 Å². The summed E-state index contributed by atoms with van der Waals surface area (Å²) in [6.45, 7) is 1.26. The van der Waals surface area contributed by atoms with Crippen molar-refractivity contribution in [2.45, 2.75) is 6.61 Å². The van der Waals surface area contributed by atoms with Crippen molar-refractivity contribution in [2.75, 3.05) is 6.61 Å². The molecule has 0 unspecified atom stereocenters. The van der Waals surface area contributed by atoms with Crippen LogP contribution in [0.3, 0.4) is 0 Å². The summed E-state index contributed by atoms with van der Waals surface area (Å²) in [4.78, 5) is 0. The molecule has 2 aromatic carbocycles. The molecule has 1 nitrogen and oxygen atoms in total. The Labute approximate surface area is 116 Å². The van der Waals surface area contributed by atoms with Crippen LogP contribution in [-0.4, -0.2) is 6.61 Å². The van der Waals surface area contributed by atoms with Crippen LogP contribution in [0.15, 0.2) is 65.1 Å². The molecule has 0 N–H and O–H groups in total. The number of ether oxygens (including phenoxy) is 1. The Morgan fingerprint density at radius 3 is 2.61 bits per heavy atom. The van der Waals surface area contributed by atoms with Crippen molar-refractivity contribution in [1.82, 2.24) is 0 Å².